The molecular formula is C24H19NO4. The fourth-order valence-electron chi connectivity index (χ4n) is 2.91. The van der Waals surface area contributed by atoms with Crippen LogP contribution in [0.15, 0.2) is 89.5 Å². The number of esters is 1. The van der Waals surface area contributed by atoms with Crippen LogP contribution in [0.5, 0.6) is 11.5 Å². The minimum atomic E-state index is -0.513. The molecule has 144 valence electrons. The second-order valence-electron chi connectivity index (χ2n) is 6.46. The summed E-state index contributed by atoms with van der Waals surface area (Å²) >= 11 is 0. The van der Waals surface area contributed by atoms with Gasteiger partial charge in [-0.05, 0) is 36.8 Å². The molecule has 0 atom stereocenters. The summed E-state index contributed by atoms with van der Waals surface area (Å²) in [5.74, 6) is 1.01. The van der Waals surface area contributed by atoms with E-state index in [1.807, 2.05) is 60.7 Å². The number of benzene rings is 3. The van der Waals surface area contributed by atoms with Gasteiger partial charge in [-0.3, -0.25) is 0 Å². The summed E-state index contributed by atoms with van der Waals surface area (Å²) in [7, 11) is 0. The molecule has 0 aliphatic carbocycles. The zero-order valence-electron chi connectivity index (χ0n) is 15.9. The van der Waals surface area contributed by atoms with E-state index in [4.69, 9.17) is 14.0 Å². The molecule has 29 heavy (non-hydrogen) atoms. The van der Waals surface area contributed by atoms with Gasteiger partial charge in [-0.15, -0.1) is 0 Å². The molecule has 0 amide bonds. The summed E-state index contributed by atoms with van der Waals surface area (Å²) in [6.07, 6.45) is 0. The van der Waals surface area contributed by atoms with Crippen LogP contribution in [0.3, 0.4) is 0 Å². The van der Waals surface area contributed by atoms with Crippen LogP contribution in [-0.2, 0) is 6.61 Å². The predicted octanol–water partition coefficient (Wildman–Crippen LogP) is 5.45. The van der Waals surface area contributed by atoms with Gasteiger partial charge in [-0.2, -0.15) is 0 Å². The highest BCUT2D eigenvalue weighted by Gasteiger charge is 2.23. The van der Waals surface area contributed by atoms with Crippen molar-refractivity contribution < 1.29 is 18.8 Å². The average molecular weight is 385 g/mol. The molecule has 0 fully saturated rings. The first-order valence-corrected chi connectivity index (χ1v) is 9.21. The summed E-state index contributed by atoms with van der Waals surface area (Å²) in [6, 6.07) is 26.2. The van der Waals surface area contributed by atoms with E-state index in [1.54, 1.807) is 31.2 Å². The first-order chi connectivity index (χ1) is 14.2. The van der Waals surface area contributed by atoms with Gasteiger partial charge in [0, 0.05) is 5.56 Å². The summed E-state index contributed by atoms with van der Waals surface area (Å²) < 4.78 is 16.5. The summed E-state index contributed by atoms with van der Waals surface area (Å²) in [6.45, 7) is 2.16. The van der Waals surface area contributed by atoms with E-state index >= 15 is 0 Å². The number of hydrogen-bond donors (Lipinski definition) is 0. The molecule has 5 nitrogen and oxygen atoms in total. The second-order valence-corrected chi connectivity index (χ2v) is 6.46. The molecule has 0 radical (unpaired) electrons. The third-order valence-electron chi connectivity index (χ3n) is 4.40. The molecule has 3 aromatic carbocycles. The minimum absolute atomic E-state index is 0.320. The van der Waals surface area contributed by atoms with Crippen molar-refractivity contribution in [1.29, 1.82) is 0 Å². The maximum atomic E-state index is 12.7. The van der Waals surface area contributed by atoms with Crippen LogP contribution in [0.4, 0.5) is 0 Å². The van der Waals surface area contributed by atoms with Gasteiger partial charge in [0.25, 0.3) is 0 Å². The lowest BCUT2D eigenvalue weighted by Gasteiger charge is -2.08. The van der Waals surface area contributed by atoms with E-state index in [2.05, 4.69) is 5.16 Å². The lowest BCUT2D eigenvalue weighted by atomic mass is 10.1. The molecule has 0 unspecified atom stereocenters. The Hall–Kier alpha value is -3.86. The number of carbonyl (C=O) groups is 1. The van der Waals surface area contributed by atoms with Crippen molar-refractivity contribution >= 4 is 5.97 Å². The quantitative estimate of drug-likeness (QED) is 0.326. The maximum Gasteiger partial charge on any atom is 0.349 e. The SMILES string of the molecule is Cc1onc(-c2ccccc2)c1C(=O)Oc1ccc(OCc2ccccc2)cc1. The fraction of sp³-hybridized carbons (Fsp3) is 0.0833. The van der Waals surface area contributed by atoms with Crippen LogP contribution < -0.4 is 9.47 Å². The Bertz CT molecular complexity index is 1090. The normalized spacial score (nSPS) is 10.5. The van der Waals surface area contributed by atoms with Crippen molar-refractivity contribution in [2.45, 2.75) is 13.5 Å². The smallest absolute Gasteiger partial charge is 0.349 e. The van der Waals surface area contributed by atoms with Crippen LogP contribution >= 0.6 is 0 Å². The van der Waals surface area contributed by atoms with Crippen LogP contribution in [-0.4, -0.2) is 11.1 Å². The fourth-order valence-corrected chi connectivity index (χ4v) is 2.91. The molecule has 1 heterocycles. The van der Waals surface area contributed by atoms with E-state index in [1.165, 1.54) is 0 Å². The molecule has 0 spiro atoms. The van der Waals surface area contributed by atoms with Crippen molar-refractivity contribution in [2.75, 3.05) is 0 Å². The Morgan fingerprint density at radius 2 is 1.48 bits per heavy atom. The zero-order valence-corrected chi connectivity index (χ0v) is 15.9. The summed E-state index contributed by atoms with van der Waals surface area (Å²) in [4.78, 5) is 12.7. The van der Waals surface area contributed by atoms with Crippen LogP contribution in [0.25, 0.3) is 11.3 Å². The summed E-state index contributed by atoms with van der Waals surface area (Å²) in [5.41, 5.74) is 2.66. The number of nitrogens with zero attached hydrogens (tertiary/aromatic N) is 1. The average Bonchev–Trinajstić information content (AvgIpc) is 3.16. The van der Waals surface area contributed by atoms with E-state index in [0.717, 1.165) is 11.1 Å². The maximum absolute atomic E-state index is 12.7. The van der Waals surface area contributed by atoms with E-state index in [-0.39, 0.29) is 0 Å². The van der Waals surface area contributed by atoms with Gasteiger partial charge >= 0.3 is 5.97 Å². The minimum Gasteiger partial charge on any atom is -0.489 e. The van der Waals surface area contributed by atoms with Crippen molar-refractivity contribution in [3.63, 3.8) is 0 Å². The van der Waals surface area contributed by atoms with Gasteiger partial charge < -0.3 is 14.0 Å². The highest BCUT2D eigenvalue weighted by Crippen LogP contribution is 2.27. The number of aromatic nitrogens is 1. The highest BCUT2D eigenvalue weighted by molar-refractivity contribution is 5.98. The molecule has 4 aromatic rings. The predicted molar refractivity (Wildman–Crippen MR) is 109 cm³/mol. The second kappa shape index (κ2) is 8.44. The largest absolute Gasteiger partial charge is 0.489 e. The highest BCUT2D eigenvalue weighted by atomic mass is 16.5. The Kier molecular flexibility index (Phi) is 5.38. The number of ether oxygens (including phenoxy) is 2. The monoisotopic (exact) mass is 385 g/mol. The number of rotatable bonds is 6. The molecular weight excluding hydrogens is 366 g/mol. The molecule has 0 saturated heterocycles. The molecule has 4 rings (SSSR count). The Morgan fingerprint density at radius 3 is 2.17 bits per heavy atom. The van der Waals surface area contributed by atoms with E-state index < -0.39 is 5.97 Å². The topological polar surface area (TPSA) is 61.6 Å². The molecule has 0 aliphatic rings. The van der Waals surface area contributed by atoms with Gasteiger partial charge in [0.05, 0.1) is 0 Å². The number of aryl methyl sites for hydroxylation is 1. The van der Waals surface area contributed by atoms with Gasteiger partial charge in [0.2, 0.25) is 0 Å². The number of carbonyl (C=O) groups excluding carboxylic acids is 1. The third kappa shape index (κ3) is 4.35. The van der Waals surface area contributed by atoms with Crippen LogP contribution in [0, 0.1) is 6.92 Å². The van der Waals surface area contributed by atoms with Crippen molar-refractivity contribution in [2.24, 2.45) is 0 Å². The van der Waals surface area contributed by atoms with Crippen molar-refractivity contribution in [3.8, 4) is 22.8 Å². The number of hydrogen-bond acceptors (Lipinski definition) is 5. The van der Waals surface area contributed by atoms with E-state index in [0.29, 0.717) is 35.1 Å². The van der Waals surface area contributed by atoms with Crippen LogP contribution in [0.1, 0.15) is 21.7 Å². The first-order valence-electron chi connectivity index (χ1n) is 9.21. The molecule has 5 heteroatoms. The standard InChI is InChI=1S/C24H19NO4/c1-17-22(23(25-29-17)19-10-6-3-7-11-19)24(26)28-21-14-12-20(13-15-21)27-16-18-8-4-2-5-9-18/h2-15H,16H2,1H3. The zero-order chi connectivity index (χ0) is 20.1. The van der Waals surface area contributed by atoms with E-state index in [9.17, 15) is 4.79 Å². The molecule has 1 aromatic heterocycles. The van der Waals surface area contributed by atoms with Gasteiger partial charge in [0.1, 0.15) is 35.1 Å². The van der Waals surface area contributed by atoms with Gasteiger partial charge in [-0.1, -0.05) is 65.8 Å². The molecule has 0 saturated carbocycles. The Morgan fingerprint density at radius 1 is 0.862 bits per heavy atom. The lowest BCUT2D eigenvalue weighted by Crippen LogP contribution is -2.10. The van der Waals surface area contributed by atoms with Gasteiger partial charge in [0.15, 0.2) is 0 Å². The molecule has 0 bridgehead atoms. The lowest BCUT2D eigenvalue weighted by molar-refractivity contribution is 0.0733. The van der Waals surface area contributed by atoms with Crippen LogP contribution in [0.2, 0.25) is 0 Å². The Balaban J connectivity index is 1.45. The van der Waals surface area contributed by atoms with Crippen molar-refractivity contribution in [3.05, 3.63) is 102 Å². The summed E-state index contributed by atoms with van der Waals surface area (Å²) in [5, 5.41) is 4.02. The molecule has 0 N–H and O–H groups in total. The molecule has 0 aliphatic heterocycles. The van der Waals surface area contributed by atoms with Gasteiger partial charge in [-0.25, -0.2) is 4.79 Å². The van der Waals surface area contributed by atoms with Crippen molar-refractivity contribution in [1.82, 2.24) is 5.16 Å². The Labute approximate surface area is 168 Å². The first kappa shape index (κ1) is 18.5. The third-order valence-corrected chi connectivity index (χ3v) is 4.40.